The molecule has 3 aromatic rings. The molecule has 0 radical (unpaired) electrons. The zero-order valence-corrected chi connectivity index (χ0v) is 12.2. The summed E-state index contributed by atoms with van der Waals surface area (Å²) in [6, 6.07) is 18.8. The average molecular weight is 285 g/mol. The van der Waals surface area contributed by atoms with Crippen molar-refractivity contribution in [2.75, 3.05) is 5.88 Å². The van der Waals surface area contributed by atoms with Crippen molar-refractivity contribution in [2.45, 2.75) is 12.3 Å². The standard InChI is InChI=1S/C17H17ClN2/c1-20-17-10-6-5-9-15(17)16(19-20)11-14(12-18)13-7-3-2-4-8-13/h2-10,14H,11-12H2,1H3. The number of hydrogen-bond donors (Lipinski definition) is 0. The molecule has 0 spiro atoms. The predicted molar refractivity (Wildman–Crippen MR) is 84.3 cm³/mol. The van der Waals surface area contributed by atoms with Gasteiger partial charge in [-0.3, -0.25) is 4.68 Å². The molecule has 3 heteroatoms. The lowest BCUT2D eigenvalue weighted by Crippen LogP contribution is -2.05. The fourth-order valence-corrected chi connectivity index (χ4v) is 2.95. The second-order valence-electron chi connectivity index (χ2n) is 5.05. The van der Waals surface area contributed by atoms with Crippen LogP contribution in [0.5, 0.6) is 0 Å². The Labute approximate surface area is 124 Å². The van der Waals surface area contributed by atoms with Crippen LogP contribution < -0.4 is 0 Å². The van der Waals surface area contributed by atoms with E-state index < -0.39 is 0 Å². The summed E-state index contributed by atoms with van der Waals surface area (Å²) in [6.07, 6.45) is 0.870. The van der Waals surface area contributed by atoms with E-state index in [-0.39, 0.29) is 0 Å². The number of aromatic nitrogens is 2. The molecule has 2 aromatic carbocycles. The maximum Gasteiger partial charge on any atom is 0.0709 e. The van der Waals surface area contributed by atoms with Crippen LogP contribution in [-0.4, -0.2) is 15.7 Å². The molecule has 0 saturated heterocycles. The lowest BCUT2D eigenvalue weighted by molar-refractivity contribution is 0.708. The first kappa shape index (κ1) is 13.2. The zero-order chi connectivity index (χ0) is 13.9. The van der Waals surface area contributed by atoms with E-state index in [4.69, 9.17) is 11.6 Å². The maximum absolute atomic E-state index is 6.18. The zero-order valence-electron chi connectivity index (χ0n) is 11.5. The van der Waals surface area contributed by atoms with Crippen molar-refractivity contribution in [3.8, 4) is 0 Å². The fourth-order valence-electron chi connectivity index (χ4n) is 2.66. The first-order chi connectivity index (χ1) is 9.79. The molecular formula is C17H17ClN2. The summed E-state index contributed by atoms with van der Waals surface area (Å²) in [4.78, 5) is 0. The van der Waals surface area contributed by atoms with Crippen LogP contribution in [0.2, 0.25) is 0 Å². The van der Waals surface area contributed by atoms with Gasteiger partial charge in [0.1, 0.15) is 0 Å². The first-order valence-electron chi connectivity index (χ1n) is 6.81. The number of para-hydroxylation sites is 1. The van der Waals surface area contributed by atoms with Crippen LogP contribution in [-0.2, 0) is 13.5 Å². The maximum atomic E-state index is 6.18. The van der Waals surface area contributed by atoms with Crippen LogP contribution in [0.15, 0.2) is 54.6 Å². The SMILES string of the molecule is Cn1nc(CC(CCl)c2ccccc2)c2ccccc21. The second-order valence-corrected chi connectivity index (χ2v) is 5.36. The van der Waals surface area contributed by atoms with Gasteiger partial charge < -0.3 is 0 Å². The molecule has 20 heavy (non-hydrogen) atoms. The van der Waals surface area contributed by atoms with Gasteiger partial charge in [0.2, 0.25) is 0 Å². The Balaban J connectivity index is 1.96. The smallest absolute Gasteiger partial charge is 0.0709 e. The molecule has 0 aliphatic heterocycles. The van der Waals surface area contributed by atoms with E-state index in [0.29, 0.717) is 11.8 Å². The van der Waals surface area contributed by atoms with Gasteiger partial charge in [-0.2, -0.15) is 5.10 Å². The lowest BCUT2D eigenvalue weighted by atomic mass is 9.95. The molecule has 0 N–H and O–H groups in total. The summed E-state index contributed by atoms with van der Waals surface area (Å²) >= 11 is 6.18. The quantitative estimate of drug-likeness (QED) is 0.659. The van der Waals surface area contributed by atoms with Crippen molar-refractivity contribution < 1.29 is 0 Å². The summed E-state index contributed by atoms with van der Waals surface area (Å²) in [7, 11) is 1.99. The first-order valence-corrected chi connectivity index (χ1v) is 7.34. The Morgan fingerprint density at radius 1 is 1.05 bits per heavy atom. The van der Waals surface area contributed by atoms with Crippen LogP contribution in [0.4, 0.5) is 0 Å². The van der Waals surface area contributed by atoms with Gasteiger partial charge in [0, 0.05) is 30.7 Å². The summed E-state index contributed by atoms with van der Waals surface area (Å²) in [5.41, 5.74) is 3.57. The third-order valence-corrected chi connectivity index (χ3v) is 4.10. The molecule has 0 fully saturated rings. The van der Waals surface area contributed by atoms with Gasteiger partial charge >= 0.3 is 0 Å². The molecule has 102 valence electrons. The van der Waals surface area contributed by atoms with Gasteiger partial charge in [0.15, 0.2) is 0 Å². The van der Waals surface area contributed by atoms with Gasteiger partial charge in [-0.1, -0.05) is 48.5 Å². The Bertz CT molecular complexity index is 703. The Morgan fingerprint density at radius 2 is 1.75 bits per heavy atom. The Kier molecular flexibility index (Phi) is 3.75. The van der Waals surface area contributed by atoms with E-state index in [1.54, 1.807) is 0 Å². The fraction of sp³-hybridized carbons (Fsp3) is 0.235. The monoisotopic (exact) mass is 284 g/mol. The molecule has 1 atom stereocenters. The molecule has 3 rings (SSSR count). The molecule has 1 heterocycles. The highest BCUT2D eigenvalue weighted by Crippen LogP contribution is 2.26. The van der Waals surface area contributed by atoms with Crippen LogP contribution in [0, 0.1) is 0 Å². The Hall–Kier alpha value is -1.80. The summed E-state index contributed by atoms with van der Waals surface area (Å²) < 4.78 is 1.95. The van der Waals surface area contributed by atoms with Gasteiger partial charge in [-0.05, 0) is 11.6 Å². The van der Waals surface area contributed by atoms with Crippen molar-refractivity contribution in [2.24, 2.45) is 7.05 Å². The lowest BCUT2D eigenvalue weighted by Gasteiger charge is -2.13. The van der Waals surface area contributed by atoms with Crippen molar-refractivity contribution in [3.05, 3.63) is 65.9 Å². The molecule has 0 saturated carbocycles. The average Bonchev–Trinajstić information content (AvgIpc) is 2.82. The third kappa shape index (κ3) is 2.44. The molecule has 0 bridgehead atoms. The number of fused-ring (bicyclic) bond motifs is 1. The molecule has 0 aliphatic carbocycles. The summed E-state index contributed by atoms with van der Waals surface area (Å²) in [5.74, 6) is 0.908. The highest BCUT2D eigenvalue weighted by Gasteiger charge is 2.15. The number of halogens is 1. The van der Waals surface area contributed by atoms with Gasteiger partial charge in [-0.15, -0.1) is 11.6 Å². The third-order valence-electron chi connectivity index (χ3n) is 3.73. The molecule has 0 amide bonds. The van der Waals surface area contributed by atoms with E-state index in [1.165, 1.54) is 16.5 Å². The number of nitrogens with zero attached hydrogens (tertiary/aromatic N) is 2. The normalized spacial score (nSPS) is 12.7. The topological polar surface area (TPSA) is 17.8 Å². The molecule has 1 aromatic heterocycles. The number of benzene rings is 2. The van der Waals surface area contributed by atoms with E-state index in [1.807, 2.05) is 23.9 Å². The van der Waals surface area contributed by atoms with Crippen molar-refractivity contribution >= 4 is 22.5 Å². The summed E-state index contributed by atoms with van der Waals surface area (Å²) in [6.45, 7) is 0. The predicted octanol–water partition coefficient (Wildman–Crippen LogP) is 4.14. The van der Waals surface area contributed by atoms with Crippen LogP contribution in [0.3, 0.4) is 0 Å². The highest BCUT2D eigenvalue weighted by molar-refractivity contribution is 6.18. The van der Waals surface area contributed by atoms with Crippen LogP contribution in [0.1, 0.15) is 17.2 Å². The Morgan fingerprint density at radius 3 is 2.50 bits per heavy atom. The van der Waals surface area contributed by atoms with E-state index >= 15 is 0 Å². The molecule has 2 nitrogen and oxygen atoms in total. The van der Waals surface area contributed by atoms with Crippen LogP contribution in [0.25, 0.3) is 10.9 Å². The van der Waals surface area contributed by atoms with Gasteiger partial charge in [0.05, 0.1) is 11.2 Å². The molecule has 0 aliphatic rings. The van der Waals surface area contributed by atoms with Gasteiger partial charge in [-0.25, -0.2) is 0 Å². The molecular weight excluding hydrogens is 268 g/mol. The van der Waals surface area contributed by atoms with Crippen LogP contribution >= 0.6 is 11.6 Å². The molecule has 1 unspecified atom stereocenters. The van der Waals surface area contributed by atoms with E-state index in [0.717, 1.165) is 12.1 Å². The number of alkyl halides is 1. The van der Waals surface area contributed by atoms with E-state index in [2.05, 4.69) is 47.6 Å². The van der Waals surface area contributed by atoms with Crippen molar-refractivity contribution in [1.82, 2.24) is 9.78 Å². The highest BCUT2D eigenvalue weighted by atomic mass is 35.5. The number of hydrogen-bond acceptors (Lipinski definition) is 1. The van der Waals surface area contributed by atoms with Crippen molar-refractivity contribution in [3.63, 3.8) is 0 Å². The van der Waals surface area contributed by atoms with Crippen molar-refractivity contribution in [1.29, 1.82) is 0 Å². The minimum atomic E-state index is 0.302. The minimum Gasteiger partial charge on any atom is -0.268 e. The van der Waals surface area contributed by atoms with Gasteiger partial charge in [0.25, 0.3) is 0 Å². The second kappa shape index (κ2) is 5.68. The minimum absolute atomic E-state index is 0.302. The number of rotatable bonds is 4. The largest absolute Gasteiger partial charge is 0.268 e. The van der Waals surface area contributed by atoms with E-state index in [9.17, 15) is 0 Å². The summed E-state index contributed by atoms with van der Waals surface area (Å²) in [5, 5.41) is 5.88. The number of aryl methyl sites for hydroxylation is 1.